The van der Waals surface area contributed by atoms with Crippen molar-refractivity contribution in [3.63, 3.8) is 0 Å². The van der Waals surface area contributed by atoms with E-state index in [2.05, 4.69) is 31.5 Å². The van der Waals surface area contributed by atoms with Gasteiger partial charge in [-0.15, -0.1) is 10.2 Å². The van der Waals surface area contributed by atoms with Crippen molar-refractivity contribution >= 4 is 0 Å². The van der Waals surface area contributed by atoms with Gasteiger partial charge in [0.05, 0.1) is 12.6 Å². The topological polar surface area (TPSA) is 57.4 Å². The number of hydrogen-bond donors (Lipinski definition) is 1. The summed E-state index contributed by atoms with van der Waals surface area (Å²) in [6.07, 6.45) is 0.225. The Labute approximate surface area is 147 Å². The van der Waals surface area contributed by atoms with Crippen LogP contribution in [0.15, 0.2) is 24.3 Å². The third-order valence-corrected chi connectivity index (χ3v) is 4.87. The van der Waals surface area contributed by atoms with E-state index in [0.29, 0.717) is 12.1 Å². The van der Waals surface area contributed by atoms with Crippen LogP contribution in [-0.4, -0.2) is 62.4 Å². The average molecular weight is 347 g/mol. The largest absolute Gasteiger partial charge is 0.387 e. The maximum absolute atomic E-state index is 13.3. The quantitative estimate of drug-likeness (QED) is 0.855. The van der Waals surface area contributed by atoms with E-state index < -0.39 is 6.10 Å². The van der Waals surface area contributed by atoms with Gasteiger partial charge in [-0.05, 0) is 17.7 Å². The van der Waals surface area contributed by atoms with E-state index in [-0.39, 0.29) is 5.82 Å². The van der Waals surface area contributed by atoms with Gasteiger partial charge in [0.1, 0.15) is 17.5 Å². The maximum atomic E-state index is 13.3. The first-order chi connectivity index (χ1) is 12.1. The van der Waals surface area contributed by atoms with Crippen molar-refractivity contribution in [1.29, 1.82) is 0 Å². The molecule has 0 amide bonds. The lowest BCUT2D eigenvalue weighted by Crippen LogP contribution is -2.47. The Morgan fingerprint density at radius 3 is 2.44 bits per heavy atom. The molecule has 2 heterocycles. The van der Waals surface area contributed by atoms with Crippen LogP contribution < -0.4 is 0 Å². The highest BCUT2D eigenvalue weighted by Gasteiger charge is 2.21. The first-order valence-corrected chi connectivity index (χ1v) is 8.82. The lowest BCUT2D eigenvalue weighted by molar-refractivity contribution is 0.0688. The third-order valence-electron chi connectivity index (χ3n) is 4.87. The molecule has 1 unspecified atom stereocenters. The number of aromatic nitrogens is 3. The molecule has 0 saturated carbocycles. The minimum atomic E-state index is -0.659. The van der Waals surface area contributed by atoms with Crippen LogP contribution in [0.2, 0.25) is 0 Å². The van der Waals surface area contributed by atoms with Gasteiger partial charge >= 0.3 is 0 Å². The zero-order chi connectivity index (χ0) is 17.8. The fourth-order valence-electron chi connectivity index (χ4n) is 3.24. The Morgan fingerprint density at radius 1 is 1.12 bits per heavy atom. The highest BCUT2D eigenvalue weighted by Crippen LogP contribution is 2.17. The molecular weight excluding hydrogens is 321 g/mol. The van der Waals surface area contributed by atoms with Crippen molar-refractivity contribution < 1.29 is 9.50 Å². The fraction of sp³-hybridized carbons (Fsp3) is 0.556. The van der Waals surface area contributed by atoms with Crippen LogP contribution in [0, 0.1) is 5.82 Å². The van der Waals surface area contributed by atoms with E-state index in [4.69, 9.17) is 0 Å². The molecule has 1 N–H and O–H groups in total. The minimum absolute atomic E-state index is 0.309. The number of halogens is 1. The summed E-state index contributed by atoms with van der Waals surface area (Å²) < 4.78 is 15.3. The number of aryl methyl sites for hydroxylation is 1. The zero-order valence-electron chi connectivity index (χ0n) is 14.9. The molecule has 1 saturated heterocycles. The summed E-state index contributed by atoms with van der Waals surface area (Å²) in [6, 6.07) is 6.20. The van der Waals surface area contributed by atoms with E-state index in [1.807, 2.05) is 7.05 Å². The molecule has 2 aromatic rings. The monoisotopic (exact) mass is 347 g/mol. The summed E-state index contributed by atoms with van der Waals surface area (Å²) in [5, 5.41) is 18.8. The van der Waals surface area contributed by atoms with E-state index in [1.54, 1.807) is 12.1 Å². The number of aliphatic hydroxyl groups excluding tert-OH is 1. The van der Waals surface area contributed by atoms with Gasteiger partial charge in [0.15, 0.2) is 0 Å². The molecule has 0 spiro atoms. The molecular formula is C18H26FN5O. The zero-order valence-corrected chi connectivity index (χ0v) is 14.9. The number of β-amino-alcohol motifs (C(OH)–C–C–N with tert-alkyl or cyclic N) is 1. The smallest absolute Gasteiger partial charge is 0.146 e. The molecule has 6 nitrogen and oxygen atoms in total. The number of benzene rings is 1. The summed E-state index contributed by atoms with van der Waals surface area (Å²) >= 11 is 0. The van der Waals surface area contributed by atoms with Crippen molar-refractivity contribution in [1.82, 2.24) is 24.6 Å². The molecule has 3 rings (SSSR count). The Bertz CT molecular complexity index is 697. The van der Waals surface area contributed by atoms with Crippen LogP contribution in [0.5, 0.6) is 0 Å². The molecule has 1 fully saturated rings. The second-order valence-corrected chi connectivity index (χ2v) is 6.59. The Morgan fingerprint density at radius 2 is 1.80 bits per heavy atom. The molecule has 0 radical (unpaired) electrons. The van der Waals surface area contributed by atoms with Gasteiger partial charge in [-0.25, -0.2) is 4.39 Å². The number of piperazine rings is 1. The van der Waals surface area contributed by atoms with Gasteiger partial charge in [0.25, 0.3) is 0 Å². The summed E-state index contributed by atoms with van der Waals surface area (Å²) in [5.41, 5.74) is 0.633. The van der Waals surface area contributed by atoms with E-state index in [1.165, 1.54) is 12.1 Å². The standard InChI is InChI=1S/C18H26FN5O/c1-3-17-20-21-18(22(17)2)13-24-9-7-23(8-10-24)12-16(25)14-5-4-6-15(19)11-14/h4-6,11,16,25H,3,7-10,12-13H2,1-2H3. The predicted octanol–water partition coefficient (Wildman–Crippen LogP) is 1.37. The molecule has 1 atom stereocenters. The number of hydrogen-bond acceptors (Lipinski definition) is 5. The summed E-state index contributed by atoms with van der Waals surface area (Å²) in [6.45, 7) is 7.01. The Balaban J connectivity index is 1.49. The van der Waals surface area contributed by atoms with E-state index >= 15 is 0 Å². The van der Waals surface area contributed by atoms with Crippen LogP contribution in [0.25, 0.3) is 0 Å². The maximum Gasteiger partial charge on any atom is 0.146 e. The van der Waals surface area contributed by atoms with Crippen molar-refractivity contribution in [2.75, 3.05) is 32.7 Å². The predicted molar refractivity (Wildman–Crippen MR) is 93.5 cm³/mol. The van der Waals surface area contributed by atoms with Gasteiger partial charge in [-0.2, -0.15) is 0 Å². The summed E-state index contributed by atoms with van der Waals surface area (Å²) in [7, 11) is 2.01. The van der Waals surface area contributed by atoms with Crippen molar-refractivity contribution in [2.24, 2.45) is 7.05 Å². The first kappa shape index (κ1) is 18.0. The van der Waals surface area contributed by atoms with Crippen molar-refractivity contribution in [3.8, 4) is 0 Å². The molecule has 1 aliphatic rings. The number of nitrogens with zero attached hydrogens (tertiary/aromatic N) is 5. The van der Waals surface area contributed by atoms with Crippen molar-refractivity contribution in [3.05, 3.63) is 47.3 Å². The van der Waals surface area contributed by atoms with Crippen LogP contribution in [0.3, 0.4) is 0 Å². The van der Waals surface area contributed by atoms with Gasteiger partial charge in [0.2, 0.25) is 0 Å². The first-order valence-electron chi connectivity index (χ1n) is 8.82. The molecule has 136 valence electrons. The molecule has 0 bridgehead atoms. The summed E-state index contributed by atoms with van der Waals surface area (Å²) in [4.78, 5) is 4.58. The second-order valence-electron chi connectivity index (χ2n) is 6.59. The fourth-order valence-corrected chi connectivity index (χ4v) is 3.24. The molecule has 7 heteroatoms. The molecule has 25 heavy (non-hydrogen) atoms. The second kappa shape index (κ2) is 8.03. The Kier molecular flexibility index (Phi) is 5.78. The Hall–Kier alpha value is -1.83. The van der Waals surface area contributed by atoms with Crippen LogP contribution >= 0.6 is 0 Å². The highest BCUT2D eigenvalue weighted by atomic mass is 19.1. The minimum Gasteiger partial charge on any atom is -0.387 e. The van der Waals surface area contributed by atoms with E-state index in [0.717, 1.165) is 50.8 Å². The normalized spacial score (nSPS) is 17.8. The van der Waals surface area contributed by atoms with E-state index in [9.17, 15) is 9.50 Å². The van der Waals surface area contributed by atoms with Gasteiger partial charge in [-0.3, -0.25) is 9.80 Å². The molecule has 1 aliphatic heterocycles. The van der Waals surface area contributed by atoms with Crippen LogP contribution in [0.4, 0.5) is 4.39 Å². The lowest BCUT2D eigenvalue weighted by Gasteiger charge is -2.35. The average Bonchev–Trinajstić information content (AvgIpc) is 2.96. The van der Waals surface area contributed by atoms with Crippen LogP contribution in [-0.2, 0) is 20.0 Å². The van der Waals surface area contributed by atoms with Gasteiger partial charge in [-0.1, -0.05) is 19.1 Å². The van der Waals surface area contributed by atoms with Crippen molar-refractivity contribution in [2.45, 2.75) is 26.0 Å². The SMILES string of the molecule is CCc1nnc(CN2CCN(CC(O)c3cccc(F)c3)CC2)n1C. The van der Waals surface area contributed by atoms with Gasteiger partial charge < -0.3 is 9.67 Å². The van der Waals surface area contributed by atoms with Crippen LogP contribution in [0.1, 0.15) is 30.2 Å². The number of aliphatic hydroxyl groups is 1. The third kappa shape index (κ3) is 4.42. The highest BCUT2D eigenvalue weighted by molar-refractivity contribution is 5.19. The molecule has 0 aliphatic carbocycles. The van der Waals surface area contributed by atoms with Gasteiger partial charge in [0, 0.05) is 46.2 Å². The summed E-state index contributed by atoms with van der Waals surface area (Å²) in [5.74, 6) is 1.69. The lowest BCUT2D eigenvalue weighted by atomic mass is 10.1. The molecule has 1 aromatic heterocycles. The number of rotatable bonds is 6. The molecule has 1 aromatic carbocycles.